The molecule has 0 spiro atoms. The Morgan fingerprint density at radius 3 is 2.43 bits per heavy atom. The largest absolute Gasteiger partial charge is 0.508 e. The van der Waals surface area contributed by atoms with Crippen LogP contribution in [-0.2, 0) is 7.05 Å². The SMILES string of the molecule is Cc1cc(-c2ccc(O)cc2)c2c3ccccc3n(C)c2c1N. The second-order valence-electron chi connectivity index (χ2n) is 6.00. The van der Waals surface area contributed by atoms with Crippen molar-refractivity contribution in [1.29, 1.82) is 0 Å². The molecule has 0 aliphatic carbocycles. The van der Waals surface area contributed by atoms with Gasteiger partial charge in [0.15, 0.2) is 0 Å². The Hall–Kier alpha value is -2.94. The van der Waals surface area contributed by atoms with Gasteiger partial charge in [0.2, 0.25) is 0 Å². The summed E-state index contributed by atoms with van der Waals surface area (Å²) in [4.78, 5) is 0. The van der Waals surface area contributed by atoms with Crippen molar-refractivity contribution in [2.45, 2.75) is 6.92 Å². The quantitative estimate of drug-likeness (QED) is 0.505. The van der Waals surface area contributed by atoms with Gasteiger partial charge in [-0.25, -0.2) is 0 Å². The lowest BCUT2D eigenvalue weighted by Gasteiger charge is -2.11. The summed E-state index contributed by atoms with van der Waals surface area (Å²) in [5.74, 6) is 0.273. The molecular weight excluding hydrogens is 284 g/mol. The van der Waals surface area contributed by atoms with E-state index in [1.807, 2.05) is 25.1 Å². The van der Waals surface area contributed by atoms with Gasteiger partial charge in [0.25, 0.3) is 0 Å². The van der Waals surface area contributed by atoms with E-state index in [1.165, 1.54) is 10.9 Å². The molecule has 23 heavy (non-hydrogen) atoms. The molecule has 3 nitrogen and oxygen atoms in total. The van der Waals surface area contributed by atoms with Crippen molar-refractivity contribution in [2.24, 2.45) is 7.05 Å². The van der Waals surface area contributed by atoms with Crippen molar-refractivity contribution in [2.75, 3.05) is 5.73 Å². The third-order valence-corrected chi connectivity index (χ3v) is 4.60. The van der Waals surface area contributed by atoms with E-state index in [2.05, 4.69) is 35.9 Å². The summed E-state index contributed by atoms with van der Waals surface area (Å²) >= 11 is 0. The molecule has 0 saturated carbocycles. The number of aromatic hydroxyl groups is 1. The van der Waals surface area contributed by atoms with E-state index in [4.69, 9.17) is 5.73 Å². The van der Waals surface area contributed by atoms with Crippen molar-refractivity contribution in [3.8, 4) is 16.9 Å². The first-order valence-electron chi connectivity index (χ1n) is 7.63. The van der Waals surface area contributed by atoms with E-state index in [0.29, 0.717) is 0 Å². The molecule has 0 aliphatic rings. The first-order chi connectivity index (χ1) is 11.1. The molecule has 3 aromatic carbocycles. The average Bonchev–Trinajstić information content (AvgIpc) is 2.86. The Morgan fingerprint density at radius 1 is 1.00 bits per heavy atom. The number of hydrogen-bond donors (Lipinski definition) is 2. The maximum atomic E-state index is 9.57. The zero-order valence-electron chi connectivity index (χ0n) is 13.2. The summed E-state index contributed by atoms with van der Waals surface area (Å²) in [7, 11) is 2.06. The number of nitrogens with zero attached hydrogens (tertiary/aromatic N) is 1. The minimum atomic E-state index is 0.273. The maximum Gasteiger partial charge on any atom is 0.115 e. The van der Waals surface area contributed by atoms with Crippen molar-refractivity contribution in [1.82, 2.24) is 4.57 Å². The van der Waals surface area contributed by atoms with Gasteiger partial charge in [-0.3, -0.25) is 0 Å². The number of nitrogens with two attached hydrogens (primary N) is 1. The third-order valence-electron chi connectivity index (χ3n) is 4.60. The number of nitrogen functional groups attached to an aromatic ring is 1. The van der Waals surface area contributed by atoms with E-state index in [-0.39, 0.29) is 5.75 Å². The topological polar surface area (TPSA) is 51.2 Å². The normalized spacial score (nSPS) is 11.4. The fourth-order valence-electron chi connectivity index (χ4n) is 3.40. The molecule has 4 rings (SSSR count). The molecule has 114 valence electrons. The highest BCUT2D eigenvalue weighted by Gasteiger charge is 2.17. The molecule has 3 heteroatoms. The van der Waals surface area contributed by atoms with Crippen LogP contribution in [0.15, 0.2) is 54.6 Å². The fraction of sp³-hybridized carbons (Fsp3) is 0.100. The number of aryl methyl sites for hydroxylation is 2. The van der Waals surface area contributed by atoms with Crippen LogP contribution in [0.1, 0.15) is 5.56 Å². The molecule has 0 fully saturated rings. The summed E-state index contributed by atoms with van der Waals surface area (Å²) in [6.45, 7) is 2.04. The van der Waals surface area contributed by atoms with Crippen LogP contribution in [0.2, 0.25) is 0 Å². The molecule has 0 atom stereocenters. The Balaban J connectivity index is 2.22. The number of anilines is 1. The zero-order chi connectivity index (χ0) is 16.1. The van der Waals surface area contributed by atoms with E-state index in [9.17, 15) is 5.11 Å². The fourth-order valence-corrected chi connectivity index (χ4v) is 3.40. The number of benzene rings is 3. The maximum absolute atomic E-state index is 9.57. The molecule has 0 saturated heterocycles. The minimum Gasteiger partial charge on any atom is -0.508 e. The van der Waals surface area contributed by atoms with Gasteiger partial charge in [0.1, 0.15) is 5.75 Å². The minimum absolute atomic E-state index is 0.273. The predicted molar refractivity (Wildman–Crippen MR) is 96.7 cm³/mol. The third kappa shape index (κ3) is 1.90. The van der Waals surface area contributed by atoms with Crippen LogP contribution in [0, 0.1) is 6.92 Å². The average molecular weight is 302 g/mol. The number of rotatable bonds is 1. The lowest BCUT2D eigenvalue weighted by molar-refractivity contribution is 0.475. The van der Waals surface area contributed by atoms with Crippen LogP contribution in [0.4, 0.5) is 5.69 Å². The van der Waals surface area contributed by atoms with Crippen molar-refractivity contribution >= 4 is 27.5 Å². The summed E-state index contributed by atoms with van der Waals surface area (Å²) < 4.78 is 2.16. The van der Waals surface area contributed by atoms with Gasteiger partial charge in [-0.15, -0.1) is 0 Å². The van der Waals surface area contributed by atoms with Gasteiger partial charge in [0, 0.05) is 23.3 Å². The zero-order valence-corrected chi connectivity index (χ0v) is 13.2. The van der Waals surface area contributed by atoms with E-state index >= 15 is 0 Å². The van der Waals surface area contributed by atoms with Crippen LogP contribution in [0.5, 0.6) is 5.75 Å². The number of aromatic nitrogens is 1. The number of para-hydroxylation sites is 1. The monoisotopic (exact) mass is 302 g/mol. The number of phenolic OH excluding ortho intramolecular Hbond substituents is 1. The lowest BCUT2D eigenvalue weighted by Crippen LogP contribution is -1.97. The van der Waals surface area contributed by atoms with Gasteiger partial charge in [-0.05, 0) is 47.9 Å². The molecule has 0 amide bonds. The van der Waals surface area contributed by atoms with Crippen LogP contribution in [0.25, 0.3) is 32.9 Å². The van der Waals surface area contributed by atoms with Gasteiger partial charge in [0.05, 0.1) is 11.2 Å². The van der Waals surface area contributed by atoms with Crippen LogP contribution in [-0.4, -0.2) is 9.67 Å². The molecule has 4 aromatic rings. The highest BCUT2D eigenvalue weighted by atomic mass is 16.3. The Labute approximate surface area is 134 Å². The predicted octanol–water partition coefficient (Wildman–Crippen LogP) is 4.59. The standard InChI is InChI=1S/C20H18N2O/c1-12-11-16(13-7-9-14(23)10-8-13)18-15-5-3-4-6-17(15)22(2)20(18)19(12)21/h3-11,23H,21H2,1-2H3. The highest BCUT2D eigenvalue weighted by molar-refractivity contribution is 6.18. The van der Waals surface area contributed by atoms with Crippen LogP contribution < -0.4 is 5.73 Å². The number of phenols is 1. The van der Waals surface area contributed by atoms with Crippen molar-refractivity contribution < 1.29 is 5.11 Å². The van der Waals surface area contributed by atoms with Gasteiger partial charge >= 0.3 is 0 Å². The molecule has 3 N–H and O–H groups in total. The Morgan fingerprint density at radius 2 is 1.70 bits per heavy atom. The molecule has 0 radical (unpaired) electrons. The number of hydrogen-bond acceptors (Lipinski definition) is 2. The Bertz CT molecular complexity index is 1040. The summed E-state index contributed by atoms with van der Waals surface area (Å²) in [5.41, 5.74) is 12.7. The van der Waals surface area contributed by atoms with Gasteiger partial charge in [-0.2, -0.15) is 0 Å². The Kier molecular flexibility index (Phi) is 2.85. The van der Waals surface area contributed by atoms with E-state index < -0.39 is 0 Å². The summed E-state index contributed by atoms with van der Waals surface area (Å²) in [6.07, 6.45) is 0. The highest BCUT2D eigenvalue weighted by Crippen LogP contribution is 2.40. The molecule has 0 bridgehead atoms. The second-order valence-corrected chi connectivity index (χ2v) is 6.00. The van der Waals surface area contributed by atoms with Gasteiger partial charge in [-0.1, -0.05) is 30.3 Å². The summed E-state index contributed by atoms with van der Waals surface area (Å²) in [5, 5.41) is 11.9. The first kappa shape index (κ1) is 13.7. The first-order valence-corrected chi connectivity index (χ1v) is 7.63. The molecule has 1 heterocycles. The molecular formula is C20H18N2O. The van der Waals surface area contributed by atoms with Gasteiger partial charge < -0.3 is 15.4 Å². The molecule has 0 aliphatic heterocycles. The van der Waals surface area contributed by atoms with Crippen molar-refractivity contribution in [3.05, 3.63) is 60.2 Å². The molecule has 0 unspecified atom stereocenters. The van der Waals surface area contributed by atoms with Crippen molar-refractivity contribution in [3.63, 3.8) is 0 Å². The smallest absolute Gasteiger partial charge is 0.115 e. The van der Waals surface area contributed by atoms with E-state index in [1.54, 1.807) is 12.1 Å². The van der Waals surface area contributed by atoms with E-state index in [0.717, 1.165) is 33.3 Å². The number of fused-ring (bicyclic) bond motifs is 3. The summed E-state index contributed by atoms with van der Waals surface area (Å²) in [6, 6.07) is 17.8. The lowest BCUT2D eigenvalue weighted by atomic mass is 9.96. The van der Waals surface area contributed by atoms with Crippen LogP contribution in [0.3, 0.4) is 0 Å². The van der Waals surface area contributed by atoms with Crippen LogP contribution >= 0.6 is 0 Å². The molecule has 1 aromatic heterocycles. The second kappa shape index (κ2) is 4.78.